The number of thiophene rings is 3. The molecular formula is C92H53N5S3. The van der Waals surface area contributed by atoms with Gasteiger partial charge < -0.3 is 9.13 Å². The zero-order valence-electron chi connectivity index (χ0n) is 53.6. The highest BCUT2D eigenvalue weighted by Gasteiger charge is 2.22. The van der Waals surface area contributed by atoms with Crippen molar-refractivity contribution in [1.29, 1.82) is 0 Å². The van der Waals surface area contributed by atoms with Crippen LogP contribution in [0.4, 0.5) is 0 Å². The van der Waals surface area contributed by atoms with Crippen molar-refractivity contribution in [2.75, 3.05) is 0 Å². The monoisotopic (exact) mass is 1320 g/mol. The van der Waals surface area contributed by atoms with Gasteiger partial charge in [-0.2, -0.15) is 0 Å². The fourth-order valence-corrected chi connectivity index (χ4v) is 19.6. The lowest BCUT2D eigenvalue weighted by atomic mass is 10.0. The summed E-state index contributed by atoms with van der Waals surface area (Å²) in [6.45, 7) is 0. The third-order valence-corrected chi connectivity index (χ3v) is 24.3. The molecule has 22 rings (SSSR count). The first-order valence-electron chi connectivity index (χ1n) is 33.9. The summed E-state index contributed by atoms with van der Waals surface area (Å²) in [4.78, 5) is 11.3. The van der Waals surface area contributed by atoms with Crippen LogP contribution in [0.3, 0.4) is 0 Å². The highest BCUT2D eigenvalue weighted by molar-refractivity contribution is 7.26. The molecule has 0 fully saturated rings. The minimum Gasteiger partial charge on any atom is -0.309 e. The molecule has 0 saturated heterocycles. The average Bonchev–Trinajstić information content (AvgIpc) is 1.53. The second kappa shape index (κ2) is 21.6. The van der Waals surface area contributed by atoms with Crippen molar-refractivity contribution in [3.8, 4) is 73.1 Å². The molecular weight excluding hydrogens is 1270 g/mol. The Morgan fingerprint density at radius 3 is 0.970 bits per heavy atom. The third-order valence-electron chi connectivity index (χ3n) is 20.9. The van der Waals surface area contributed by atoms with Crippen LogP contribution < -0.4 is 0 Å². The molecule has 8 heteroatoms. The van der Waals surface area contributed by atoms with E-state index in [0.29, 0.717) is 5.95 Å². The van der Waals surface area contributed by atoms with E-state index in [1.165, 1.54) is 126 Å². The van der Waals surface area contributed by atoms with Crippen molar-refractivity contribution < 1.29 is 0 Å². The van der Waals surface area contributed by atoms with Crippen LogP contribution in [-0.4, -0.2) is 23.7 Å². The van der Waals surface area contributed by atoms with E-state index in [2.05, 4.69) is 335 Å². The molecule has 0 spiro atoms. The highest BCUT2D eigenvalue weighted by Crippen LogP contribution is 2.45. The van der Waals surface area contributed by atoms with E-state index in [-0.39, 0.29) is 0 Å². The van der Waals surface area contributed by atoms with E-state index in [4.69, 9.17) is 9.97 Å². The Bertz CT molecular complexity index is 7220. The Morgan fingerprint density at radius 2 is 0.510 bits per heavy atom. The van der Waals surface area contributed by atoms with Gasteiger partial charge in [0.05, 0.1) is 44.3 Å². The predicted molar refractivity (Wildman–Crippen MR) is 428 cm³/mol. The van der Waals surface area contributed by atoms with Gasteiger partial charge in [0.25, 0.3) is 0 Å². The predicted octanol–water partition coefficient (Wildman–Crippen LogP) is 26.4. The first-order chi connectivity index (χ1) is 49.5. The number of hydrogen-bond acceptors (Lipinski definition) is 5. The van der Waals surface area contributed by atoms with Crippen molar-refractivity contribution in [1.82, 2.24) is 23.7 Å². The van der Waals surface area contributed by atoms with Crippen LogP contribution in [0.1, 0.15) is 0 Å². The van der Waals surface area contributed by atoms with Crippen molar-refractivity contribution in [2.24, 2.45) is 0 Å². The molecule has 7 heterocycles. The summed E-state index contributed by atoms with van der Waals surface area (Å²) in [5.74, 6) is 0.619. The number of fused-ring (bicyclic) bond motifs is 19. The Kier molecular flexibility index (Phi) is 12.1. The Balaban J connectivity index is 0.662. The van der Waals surface area contributed by atoms with E-state index in [1.807, 2.05) is 34.0 Å². The van der Waals surface area contributed by atoms with E-state index in [0.717, 1.165) is 77.5 Å². The number of nitrogens with zero attached hydrogens (tertiary/aromatic N) is 5. The van der Waals surface area contributed by atoms with Crippen molar-refractivity contribution in [3.63, 3.8) is 0 Å². The molecule has 100 heavy (non-hydrogen) atoms. The topological polar surface area (TPSA) is 40.6 Å². The van der Waals surface area contributed by atoms with E-state index < -0.39 is 0 Å². The molecule has 22 aromatic rings. The van der Waals surface area contributed by atoms with Crippen LogP contribution in [0, 0.1) is 0 Å². The van der Waals surface area contributed by atoms with Crippen LogP contribution in [0.15, 0.2) is 322 Å². The maximum Gasteiger partial charge on any atom is 0.235 e. The molecule has 464 valence electrons. The van der Waals surface area contributed by atoms with Gasteiger partial charge in [-0.1, -0.05) is 200 Å². The molecule has 0 N–H and O–H groups in total. The molecule has 0 aliphatic rings. The van der Waals surface area contributed by atoms with Gasteiger partial charge in [0.15, 0.2) is 0 Å². The summed E-state index contributed by atoms with van der Waals surface area (Å²) in [5.41, 5.74) is 21.1. The Labute approximate surface area is 584 Å². The van der Waals surface area contributed by atoms with Crippen molar-refractivity contribution in [3.05, 3.63) is 322 Å². The molecule has 5 nitrogen and oxygen atoms in total. The van der Waals surface area contributed by atoms with Crippen LogP contribution >= 0.6 is 34.0 Å². The molecule has 0 radical (unpaired) electrons. The van der Waals surface area contributed by atoms with Crippen LogP contribution in [0.5, 0.6) is 0 Å². The van der Waals surface area contributed by atoms with Gasteiger partial charge in [0, 0.05) is 115 Å². The Morgan fingerprint density at radius 1 is 0.190 bits per heavy atom. The minimum atomic E-state index is 0.619. The lowest BCUT2D eigenvalue weighted by Crippen LogP contribution is -2.04. The summed E-state index contributed by atoms with van der Waals surface area (Å²) >= 11 is 5.59. The highest BCUT2D eigenvalue weighted by atomic mass is 32.1. The summed E-state index contributed by atoms with van der Waals surface area (Å²) in [5, 5.41) is 16.0. The second-order valence-corrected chi connectivity index (χ2v) is 29.6. The van der Waals surface area contributed by atoms with Gasteiger partial charge in [-0.25, -0.2) is 9.97 Å². The second-order valence-electron chi connectivity index (χ2n) is 26.4. The largest absolute Gasteiger partial charge is 0.309 e. The molecule has 7 aromatic heterocycles. The lowest BCUT2D eigenvalue weighted by molar-refractivity contribution is 1.01. The zero-order valence-corrected chi connectivity index (χ0v) is 56.0. The molecule has 0 aliphatic heterocycles. The molecule has 0 unspecified atom stereocenters. The molecule has 0 bridgehead atoms. The third kappa shape index (κ3) is 8.52. The van der Waals surface area contributed by atoms with Gasteiger partial charge in [-0.05, 0) is 166 Å². The van der Waals surface area contributed by atoms with Gasteiger partial charge in [-0.15, -0.1) is 34.0 Å². The van der Waals surface area contributed by atoms with Gasteiger partial charge >= 0.3 is 0 Å². The van der Waals surface area contributed by atoms with Crippen LogP contribution in [-0.2, 0) is 0 Å². The van der Waals surface area contributed by atoms with Gasteiger partial charge in [0.2, 0.25) is 5.95 Å². The SMILES string of the molecule is c1ccc2c(c1)sc1cc(-c3ccc4c(c3)c3ccccc3n4-c3ccc(-c4ccc(-c5nc(-n6c7ccccc7c7cc(-c8ccc9c(c8)sc8ccccc89)ccc76)nc6ccc(-n7c8ccccc8c8cc(-c9ccc%10c(c9)sc9ccccc9%10)ccc87)cc56)cc4)cc3)ccc12. The maximum atomic E-state index is 5.75. The smallest absolute Gasteiger partial charge is 0.235 e. The number of para-hydroxylation sites is 3. The number of benzene rings is 15. The van der Waals surface area contributed by atoms with Crippen molar-refractivity contribution >= 4 is 171 Å². The van der Waals surface area contributed by atoms with Crippen molar-refractivity contribution in [2.45, 2.75) is 0 Å². The first kappa shape index (κ1) is 55.8. The van der Waals surface area contributed by atoms with Gasteiger partial charge in [-0.3, -0.25) is 4.57 Å². The standard InChI is InChI=1S/C92H53N5S3/c1-7-19-79-65(13-1)74-47-57(60-31-40-71-68-16-4-10-22-85(68)98-88(71)50-60)34-44-82(74)95(79)63-37-29-55(30-38-63)54-25-27-56(28-26-54)91-77-53-64(96-80-20-8-2-14-66(80)75-48-58(35-45-83(75)96)61-32-41-72-69-17-5-11-23-86(69)99-89(72)51-61)39-43-78(77)93-92(94-91)97-81-21-9-3-15-67(81)76-49-59(36-46-84(76)97)62-33-42-73-70-18-6-12-24-87(70)100-90(73)52-62/h1-53H. The van der Waals surface area contributed by atoms with E-state index in [1.54, 1.807) is 0 Å². The Hall–Kier alpha value is -12.3. The van der Waals surface area contributed by atoms with Gasteiger partial charge in [0.1, 0.15) is 0 Å². The molecule has 0 amide bonds. The number of rotatable bonds is 8. The quantitative estimate of drug-likeness (QED) is 0.152. The average molecular weight is 1320 g/mol. The first-order valence-corrected chi connectivity index (χ1v) is 36.4. The summed E-state index contributed by atoms with van der Waals surface area (Å²) in [7, 11) is 0. The van der Waals surface area contributed by atoms with E-state index >= 15 is 0 Å². The number of aromatic nitrogens is 5. The molecule has 15 aromatic carbocycles. The number of hydrogen-bond donors (Lipinski definition) is 0. The maximum absolute atomic E-state index is 5.75. The normalized spacial score (nSPS) is 12.2. The minimum absolute atomic E-state index is 0.619. The summed E-state index contributed by atoms with van der Waals surface area (Å²) < 4.78 is 14.9. The molecule has 0 aliphatic carbocycles. The lowest BCUT2D eigenvalue weighted by Gasteiger charge is -2.15. The van der Waals surface area contributed by atoms with Crippen LogP contribution in [0.25, 0.3) is 210 Å². The van der Waals surface area contributed by atoms with E-state index in [9.17, 15) is 0 Å². The fourth-order valence-electron chi connectivity index (χ4n) is 16.1. The fraction of sp³-hybridized carbons (Fsp3) is 0. The summed E-state index contributed by atoms with van der Waals surface area (Å²) in [6, 6.07) is 119. The van der Waals surface area contributed by atoms with Crippen LogP contribution in [0.2, 0.25) is 0 Å². The molecule has 0 atom stereocenters. The molecule has 0 saturated carbocycles. The summed E-state index contributed by atoms with van der Waals surface area (Å²) in [6.07, 6.45) is 0. The zero-order chi connectivity index (χ0) is 65.3.